The van der Waals surface area contributed by atoms with Crippen LogP contribution in [0.3, 0.4) is 0 Å². The normalized spacial score (nSPS) is 13.4. The first-order chi connectivity index (χ1) is 24.0. The van der Waals surface area contributed by atoms with Crippen molar-refractivity contribution in [1.82, 2.24) is 0 Å². The van der Waals surface area contributed by atoms with Gasteiger partial charge in [-0.3, -0.25) is 0 Å². The summed E-state index contributed by atoms with van der Waals surface area (Å²) in [5.74, 6) is 0. The maximum absolute atomic E-state index is 6.77. The van der Waals surface area contributed by atoms with E-state index in [9.17, 15) is 0 Å². The number of unbranched alkanes of at least 4 members (excludes halogenated alkanes) is 12. The highest BCUT2D eigenvalue weighted by Gasteiger charge is 2.32. The minimum Gasteiger partial charge on any atom is -0.374 e. The summed E-state index contributed by atoms with van der Waals surface area (Å²) < 4.78 is 19.9. The smallest absolute Gasteiger partial charge is 0.374 e. The number of rotatable bonds is 32. The van der Waals surface area contributed by atoms with E-state index < -0.39 is 7.32 Å². The van der Waals surface area contributed by atoms with Crippen LogP contribution in [0.2, 0.25) is 0 Å². The number of aryl methyl sites for hydroxylation is 2. The molecule has 0 radical (unpaired) electrons. The van der Waals surface area contributed by atoms with E-state index in [1.54, 1.807) is 0 Å². The largest absolute Gasteiger partial charge is 0.641 e. The Hall–Kier alpha value is -0.565. The molecule has 7 heteroatoms. The molecule has 3 unspecified atom stereocenters. The van der Waals surface area contributed by atoms with Crippen molar-refractivity contribution < 1.29 is 14.0 Å². The standard InChI is InChI=1S/C42H71BO3S3/c1-6-11-13-15-17-19-21-30-36-32-23-25-34-38(36)48-41(28-9-4)45-43(44-40(47)27-8-3)46-42(29-10-5)49-39-35-26-24-33-37(39)31-22-20-18-16-14-12-7-2/h23-26,32-35,40-42,47H,6-22,27-31H2,1-5H3. The Morgan fingerprint density at radius 3 is 1.29 bits per heavy atom. The SMILES string of the molecule is CCCCCCCCCc1ccccc1SC(CCC)OB(OC(S)CCC)OC(CCC)Sc1ccccc1CCCCCCCCC. The fraction of sp³-hybridized carbons (Fsp3) is 0.714. The Kier molecular flexibility index (Phi) is 27.3. The molecule has 2 rings (SSSR count). The van der Waals surface area contributed by atoms with E-state index >= 15 is 0 Å². The molecule has 278 valence electrons. The van der Waals surface area contributed by atoms with Crippen LogP contribution < -0.4 is 0 Å². The van der Waals surface area contributed by atoms with Gasteiger partial charge in [0.25, 0.3) is 0 Å². The van der Waals surface area contributed by atoms with Crippen molar-refractivity contribution >= 4 is 43.5 Å². The van der Waals surface area contributed by atoms with Gasteiger partial charge in [-0.1, -0.05) is 191 Å². The van der Waals surface area contributed by atoms with Crippen LogP contribution in [0, 0.1) is 0 Å². The Balaban J connectivity index is 2.10. The predicted octanol–water partition coefficient (Wildman–Crippen LogP) is 14.5. The molecule has 0 aromatic heterocycles. The van der Waals surface area contributed by atoms with Crippen LogP contribution in [0.15, 0.2) is 58.3 Å². The minimum atomic E-state index is -0.771. The molecule has 2 aromatic rings. The summed E-state index contributed by atoms with van der Waals surface area (Å²) in [4.78, 5) is 2.64. The topological polar surface area (TPSA) is 27.7 Å². The number of hydrogen-bond donors (Lipinski definition) is 1. The van der Waals surface area contributed by atoms with Gasteiger partial charge in [0.2, 0.25) is 0 Å². The highest BCUT2D eigenvalue weighted by atomic mass is 32.2. The second kappa shape index (κ2) is 30.0. The molecule has 0 aliphatic rings. The van der Waals surface area contributed by atoms with Gasteiger partial charge in [0.15, 0.2) is 0 Å². The highest BCUT2D eigenvalue weighted by Crippen LogP contribution is 2.35. The summed E-state index contributed by atoms with van der Waals surface area (Å²) in [5.41, 5.74) is 2.50. The number of hydrogen-bond acceptors (Lipinski definition) is 6. The van der Waals surface area contributed by atoms with Crippen LogP contribution in [0.1, 0.15) is 174 Å². The van der Waals surface area contributed by atoms with Crippen molar-refractivity contribution in [2.24, 2.45) is 0 Å². The third-order valence-corrected chi connectivity index (χ3v) is 11.8. The lowest BCUT2D eigenvalue weighted by Crippen LogP contribution is -2.36. The molecule has 0 N–H and O–H groups in total. The average Bonchev–Trinajstić information content (AvgIpc) is 3.09. The molecule has 3 nitrogen and oxygen atoms in total. The van der Waals surface area contributed by atoms with E-state index in [1.807, 2.05) is 23.5 Å². The number of thiol groups is 1. The first-order valence-electron chi connectivity index (χ1n) is 20.2. The van der Waals surface area contributed by atoms with Gasteiger partial charge in [0.1, 0.15) is 0 Å². The first-order valence-corrected chi connectivity index (χ1v) is 22.4. The van der Waals surface area contributed by atoms with Crippen molar-refractivity contribution in [2.75, 3.05) is 0 Å². The quantitative estimate of drug-likeness (QED) is 0.0266. The van der Waals surface area contributed by atoms with Gasteiger partial charge in [-0.15, -0.1) is 12.6 Å². The summed E-state index contributed by atoms with van der Waals surface area (Å²) in [6, 6.07) is 17.8. The zero-order valence-electron chi connectivity index (χ0n) is 32.0. The van der Waals surface area contributed by atoms with Crippen molar-refractivity contribution in [3.63, 3.8) is 0 Å². The third kappa shape index (κ3) is 20.9. The van der Waals surface area contributed by atoms with E-state index in [-0.39, 0.29) is 16.3 Å². The molecular formula is C42H71BO3S3. The zero-order valence-corrected chi connectivity index (χ0v) is 34.5. The molecule has 3 atom stereocenters. The van der Waals surface area contributed by atoms with Gasteiger partial charge in [-0.2, -0.15) is 0 Å². The van der Waals surface area contributed by atoms with Crippen LogP contribution in [0.25, 0.3) is 0 Å². The van der Waals surface area contributed by atoms with Crippen LogP contribution in [0.4, 0.5) is 0 Å². The Labute approximate surface area is 317 Å². The second-order valence-corrected chi connectivity index (χ2v) is 16.5. The van der Waals surface area contributed by atoms with E-state index in [0.717, 1.165) is 51.4 Å². The molecule has 0 saturated heterocycles. The average molecular weight is 731 g/mol. The van der Waals surface area contributed by atoms with Crippen molar-refractivity contribution in [3.8, 4) is 0 Å². The molecule has 0 heterocycles. The molecule has 0 aliphatic heterocycles. The second-order valence-electron chi connectivity index (χ2n) is 13.6. The summed E-state index contributed by atoms with van der Waals surface area (Å²) in [6.07, 6.45) is 26.6. The molecule has 0 fully saturated rings. The molecule has 0 amide bonds. The van der Waals surface area contributed by atoms with Crippen molar-refractivity contribution in [2.45, 2.75) is 202 Å². The molecule has 0 saturated carbocycles. The van der Waals surface area contributed by atoms with Gasteiger partial charge in [-0.25, -0.2) is 0 Å². The van der Waals surface area contributed by atoms with E-state index in [4.69, 9.17) is 26.6 Å². The monoisotopic (exact) mass is 730 g/mol. The van der Waals surface area contributed by atoms with E-state index in [0.29, 0.717) is 0 Å². The van der Waals surface area contributed by atoms with Gasteiger partial charge in [0.05, 0.1) is 16.3 Å². The van der Waals surface area contributed by atoms with E-state index in [1.165, 1.54) is 111 Å². The van der Waals surface area contributed by atoms with Crippen LogP contribution in [-0.2, 0) is 26.8 Å². The lowest BCUT2D eigenvalue weighted by molar-refractivity contribution is 0.0635. The maximum Gasteiger partial charge on any atom is 0.641 e. The molecular weight excluding hydrogens is 659 g/mol. The highest BCUT2D eigenvalue weighted by molar-refractivity contribution is 8.00. The van der Waals surface area contributed by atoms with Crippen molar-refractivity contribution in [1.29, 1.82) is 0 Å². The fourth-order valence-corrected chi connectivity index (χ4v) is 8.93. The van der Waals surface area contributed by atoms with Crippen molar-refractivity contribution in [3.05, 3.63) is 59.7 Å². The zero-order chi connectivity index (χ0) is 35.4. The summed E-state index contributed by atoms with van der Waals surface area (Å²) in [5, 5.41) is 0. The molecule has 0 bridgehead atoms. The molecule has 0 spiro atoms. The number of thioether (sulfide) groups is 2. The summed E-state index contributed by atoms with van der Waals surface area (Å²) >= 11 is 8.45. The number of benzene rings is 2. The van der Waals surface area contributed by atoms with E-state index in [2.05, 4.69) is 83.1 Å². The van der Waals surface area contributed by atoms with Gasteiger partial charge < -0.3 is 14.0 Å². The lowest BCUT2D eigenvalue weighted by atomic mass is 10.0. The Morgan fingerprint density at radius 1 is 0.490 bits per heavy atom. The van der Waals surface area contributed by atoms with Gasteiger partial charge >= 0.3 is 7.32 Å². The van der Waals surface area contributed by atoms with Gasteiger partial charge in [0, 0.05) is 9.79 Å². The Morgan fingerprint density at radius 2 is 0.878 bits per heavy atom. The Bertz CT molecular complexity index is 982. The van der Waals surface area contributed by atoms with Crippen LogP contribution in [0.5, 0.6) is 0 Å². The maximum atomic E-state index is 6.77. The molecule has 2 aromatic carbocycles. The first kappa shape index (κ1) is 44.6. The predicted molar refractivity (Wildman–Crippen MR) is 222 cm³/mol. The summed E-state index contributed by atoms with van der Waals surface area (Å²) in [6.45, 7) is 11.2. The molecule has 0 aliphatic carbocycles. The van der Waals surface area contributed by atoms with Crippen LogP contribution >= 0.6 is 36.2 Å². The molecule has 49 heavy (non-hydrogen) atoms. The lowest BCUT2D eigenvalue weighted by Gasteiger charge is -2.27. The summed E-state index contributed by atoms with van der Waals surface area (Å²) in [7, 11) is -0.771. The van der Waals surface area contributed by atoms with Gasteiger partial charge in [-0.05, 0) is 68.2 Å². The minimum absolute atomic E-state index is 0.0655. The van der Waals surface area contributed by atoms with Crippen LogP contribution in [-0.4, -0.2) is 23.6 Å². The fourth-order valence-electron chi connectivity index (χ4n) is 6.05. The third-order valence-electron chi connectivity index (χ3n) is 8.94.